The maximum atomic E-state index is 6.26. The summed E-state index contributed by atoms with van der Waals surface area (Å²) >= 11 is 0. The molecule has 3 aliphatic heterocycles. The molecule has 0 saturated carbocycles. The van der Waals surface area contributed by atoms with Crippen molar-refractivity contribution < 1.29 is 14.2 Å². The fourth-order valence-corrected chi connectivity index (χ4v) is 12.1. The van der Waals surface area contributed by atoms with Gasteiger partial charge in [-0.3, -0.25) is 0 Å². The number of hydrogen-bond donors (Lipinski definition) is 0. The van der Waals surface area contributed by atoms with Crippen molar-refractivity contribution in [3.05, 3.63) is 33.4 Å². The van der Waals surface area contributed by atoms with Gasteiger partial charge in [-0.25, -0.2) is 0 Å². The second kappa shape index (κ2) is 11.1. The lowest BCUT2D eigenvalue weighted by atomic mass is 9.53. The van der Waals surface area contributed by atoms with Gasteiger partial charge in [0.25, 0.3) is 0 Å². The van der Waals surface area contributed by atoms with E-state index in [0.717, 1.165) is 0 Å². The molecule has 9 atom stereocenters. The highest BCUT2D eigenvalue weighted by Crippen LogP contribution is 2.71. The van der Waals surface area contributed by atoms with Crippen LogP contribution in [0.5, 0.6) is 0 Å². The Bertz CT molecular complexity index is 1260. The standard InChI is InChI=1S/3C15H26O/c3*1-9-10(2)13(4,5)15(8)12(9)16-11(3)14(15,6)7/h3*11-12H,1-8H3/t11?,12-,15-;11-,12+,15+;11-,12-,15-/m101/s1. The Morgan fingerprint density at radius 1 is 0.333 bits per heavy atom. The van der Waals surface area contributed by atoms with Gasteiger partial charge in [0.1, 0.15) is 0 Å². The van der Waals surface area contributed by atoms with Crippen molar-refractivity contribution in [2.75, 3.05) is 0 Å². The number of hydrogen-bond acceptors (Lipinski definition) is 3. The van der Waals surface area contributed by atoms with Gasteiger partial charge >= 0.3 is 0 Å². The summed E-state index contributed by atoms with van der Waals surface area (Å²) in [5, 5.41) is 0. The molecule has 0 N–H and O–H groups in total. The van der Waals surface area contributed by atoms with E-state index in [0.29, 0.717) is 36.6 Å². The van der Waals surface area contributed by atoms with Crippen LogP contribution >= 0.6 is 0 Å². The van der Waals surface area contributed by atoms with E-state index in [9.17, 15) is 0 Å². The molecule has 3 aliphatic carbocycles. The SMILES string of the molecule is CC1=C(C)C(C)(C)[C@@]2(C)[C@@H]1OC(C)C2(C)C.CC1=C(C)C(C)(C)[C@@]2(C)[C@@H]1O[C@@H](C)C2(C)C.CC1=C(C)C(C)(C)[C@@]2(C)[C@@H]1O[C@H](C)C2(C)C. The Balaban J connectivity index is 0.000000163. The highest BCUT2D eigenvalue weighted by Gasteiger charge is 2.70. The molecule has 0 aromatic rings. The third kappa shape index (κ3) is 4.28. The second-order valence-corrected chi connectivity index (χ2v) is 21.0. The molecular formula is C45H78O3. The zero-order valence-corrected chi connectivity index (χ0v) is 36.2. The lowest BCUT2D eigenvalue weighted by Crippen LogP contribution is -2.48. The quantitative estimate of drug-likeness (QED) is 0.241. The summed E-state index contributed by atoms with van der Waals surface area (Å²) in [4.78, 5) is 0. The smallest absolute Gasteiger partial charge is 0.0856 e. The molecule has 0 amide bonds. The van der Waals surface area contributed by atoms with E-state index in [2.05, 4.69) is 166 Å². The predicted octanol–water partition coefficient (Wildman–Crippen LogP) is 12.5. The predicted molar refractivity (Wildman–Crippen MR) is 205 cm³/mol. The topological polar surface area (TPSA) is 27.7 Å². The first kappa shape index (κ1) is 39.9. The van der Waals surface area contributed by atoms with Crippen molar-refractivity contribution in [3.63, 3.8) is 0 Å². The van der Waals surface area contributed by atoms with Gasteiger partial charge in [0, 0.05) is 16.2 Å². The van der Waals surface area contributed by atoms with Crippen molar-refractivity contribution in [1.82, 2.24) is 0 Å². The third-order valence-corrected chi connectivity index (χ3v) is 19.3. The van der Waals surface area contributed by atoms with Gasteiger partial charge < -0.3 is 14.2 Å². The summed E-state index contributed by atoms with van der Waals surface area (Å²) in [7, 11) is 0. The minimum Gasteiger partial charge on any atom is -0.370 e. The lowest BCUT2D eigenvalue weighted by Gasteiger charge is -2.49. The molecule has 3 saturated heterocycles. The van der Waals surface area contributed by atoms with Crippen LogP contribution in [0.25, 0.3) is 0 Å². The minimum absolute atomic E-state index is 0.216. The molecule has 0 bridgehead atoms. The molecule has 3 fully saturated rings. The number of allylic oxidation sites excluding steroid dienone is 3. The van der Waals surface area contributed by atoms with Gasteiger partial charge in [-0.2, -0.15) is 0 Å². The van der Waals surface area contributed by atoms with E-state index in [1.54, 1.807) is 0 Å². The molecule has 6 rings (SSSR count). The van der Waals surface area contributed by atoms with Gasteiger partial charge in [-0.05, 0) is 112 Å². The molecule has 1 unspecified atom stereocenters. The third-order valence-electron chi connectivity index (χ3n) is 19.3. The summed E-state index contributed by atoms with van der Waals surface area (Å²) in [6, 6.07) is 0. The maximum Gasteiger partial charge on any atom is 0.0856 e. The van der Waals surface area contributed by atoms with E-state index < -0.39 is 0 Å². The summed E-state index contributed by atoms with van der Waals surface area (Å²) in [5.41, 5.74) is 11.0. The molecule has 3 heteroatoms. The molecule has 276 valence electrons. The number of ether oxygens (including phenoxy) is 3. The summed E-state index contributed by atoms with van der Waals surface area (Å²) in [6.07, 6.45) is 1.95. The fraction of sp³-hybridized carbons (Fsp3) is 0.867. The molecule has 0 spiro atoms. The van der Waals surface area contributed by atoms with Gasteiger partial charge in [0.05, 0.1) is 36.6 Å². The summed E-state index contributed by atoms with van der Waals surface area (Å²) in [6.45, 7) is 56.0. The van der Waals surface area contributed by atoms with Crippen molar-refractivity contribution in [3.8, 4) is 0 Å². The zero-order chi connectivity index (χ0) is 37.5. The van der Waals surface area contributed by atoms with Crippen molar-refractivity contribution in [2.45, 2.75) is 203 Å². The summed E-state index contributed by atoms with van der Waals surface area (Å²) in [5.74, 6) is 0. The van der Waals surface area contributed by atoms with E-state index in [1.807, 2.05) is 0 Å². The molecule has 0 aromatic carbocycles. The number of fused-ring (bicyclic) bond motifs is 3. The van der Waals surface area contributed by atoms with Crippen LogP contribution in [0.15, 0.2) is 33.4 Å². The average molecular weight is 667 g/mol. The van der Waals surface area contributed by atoms with Crippen LogP contribution < -0.4 is 0 Å². The van der Waals surface area contributed by atoms with Crippen molar-refractivity contribution in [2.24, 2.45) is 48.7 Å². The molecule has 6 aliphatic rings. The molecule has 0 radical (unpaired) electrons. The first-order valence-electron chi connectivity index (χ1n) is 19.2. The van der Waals surface area contributed by atoms with E-state index in [1.165, 1.54) is 33.4 Å². The molecule has 48 heavy (non-hydrogen) atoms. The zero-order valence-electron chi connectivity index (χ0n) is 36.2. The van der Waals surface area contributed by atoms with Crippen molar-refractivity contribution >= 4 is 0 Å². The number of rotatable bonds is 0. The van der Waals surface area contributed by atoms with Crippen LogP contribution in [0.1, 0.15) is 166 Å². The van der Waals surface area contributed by atoms with Crippen LogP contribution in [0.2, 0.25) is 0 Å². The van der Waals surface area contributed by atoms with Gasteiger partial charge in [0.15, 0.2) is 0 Å². The van der Waals surface area contributed by atoms with Crippen LogP contribution in [-0.2, 0) is 14.2 Å². The maximum absolute atomic E-state index is 6.26. The fourth-order valence-electron chi connectivity index (χ4n) is 12.1. The van der Waals surface area contributed by atoms with Crippen molar-refractivity contribution in [1.29, 1.82) is 0 Å². The molecule has 3 heterocycles. The lowest BCUT2D eigenvalue weighted by molar-refractivity contribution is 0.0154. The van der Waals surface area contributed by atoms with Gasteiger partial charge in [0.2, 0.25) is 0 Å². The highest BCUT2D eigenvalue weighted by molar-refractivity contribution is 5.40. The van der Waals surface area contributed by atoms with Crippen LogP contribution in [-0.4, -0.2) is 36.6 Å². The van der Waals surface area contributed by atoms with E-state index >= 15 is 0 Å². The Morgan fingerprint density at radius 2 is 0.500 bits per heavy atom. The Hall–Kier alpha value is -0.900. The largest absolute Gasteiger partial charge is 0.370 e. The molecule has 3 nitrogen and oxygen atoms in total. The van der Waals surface area contributed by atoms with E-state index in [4.69, 9.17) is 14.2 Å². The minimum atomic E-state index is 0.216. The summed E-state index contributed by atoms with van der Waals surface area (Å²) < 4.78 is 18.8. The first-order valence-corrected chi connectivity index (χ1v) is 19.2. The van der Waals surface area contributed by atoms with Crippen LogP contribution in [0.4, 0.5) is 0 Å². The average Bonchev–Trinajstić information content (AvgIpc) is 3.52. The van der Waals surface area contributed by atoms with E-state index in [-0.39, 0.29) is 48.7 Å². The molecular weight excluding hydrogens is 588 g/mol. The second-order valence-electron chi connectivity index (χ2n) is 21.0. The van der Waals surface area contributed by atoms with Gasteiger partial charge in [-0.15, -0.1) is 0 Å². The normalized spacial score (nSPS) is 45.0. The van der Waals surface area contributed by atoms with Gasteiger partial charge in [-0.1, -0.05) is 121 Å². The molecule has 0 aromatic heterocycles. The monoisotopic (exact) mass is 667 g/mol. The first-order chi connectivity index (χ1) is 21.2. The van der Waals surface area contributed by atoms with Crippen LogP contribution in [0.3, 0.4) is 0 Å². The van der Waals surface area contributed by atoms with Crippen LogP contribution in [0, 0.1) is 48.7 Å². The Morgan fingerprint density at radius 3 is 0.646 bits per heavy atom. The Kier molecular flexibility index (Phi) is 9.18. The highest BCUT2D eigenvalue weighted by atomic mass is 16.5. The Labute approximate surface area is 298 Å².